The summed E-state index contributed by atoms with van der Waals surface area (Å²) in [5, 5.41) is 0. The molecule has 0 spiro atoms. The summed E-state index contributed by atoms with van der Waals surface area (Å²) in [5.41, 5.74) is 0. The third-order valence-corrected chi connectivity index (χ3v) is 0. The fourth-order valence-electron chi connectivity index (χ4n) is 0. The minimum atomic E-state index is -5.38. The number of rotatable bonds is 0. The Morgan fingerprint density at radius 2 is 1.00 bits per heavy atom. The third kappa shape index (κ3) is 408. The molecule has 0 fully saturated rings. The van der Waals surface area contributed by atoms with Crippen LogP contribution in [0.1, 0.15) is 0 Å². The van der Waals surface area contributed by atoms with Crippen molar-refractivity contribution in [3.63, 3.8) is 0 Å². The molecule has 8 nitrogen and oxygen atoms in total. The maximum absolute atomic E-state index is 8.88. The van der Waals surface area contributed by atoms with E-state index in [-0.39, 0.29) is 51.4 Å². The molecule has 66 valence electrons. The predicted octanol–water partition coefficient (Wildman–Crippen LogP) is -2.49. The first-order chi connectivity index (χ1) is 4.00. The monoisotopic (exact) mass is 258 g/mol. The first-order valence-corrected chi connectivity index (χ1v) is 4.95. The van der Waals surface area contributed by atoms with Crippen LogP contribution in [0.2, 0.25) is 0 Å². The van der Waals surface area contributed by atoms with Crippen LogP contribution in [0.3, 0.4) is 0 Å². The van der Waals surface area contributed by atoms with E-state index in [9.17, 15) is 0 Å². The van der Waals surface area contributed by atoms with E-state index < -0.39 is 20.8 Å². The van der Waals surface area contributed by atoms with E-state index in [1.165, 1.54) is 0 Å². The van der Waals surface area contributed by atoms with Crippen LogP contribution in [0.25, 0.3) is 0 Å². The molecular weight excluding hydrogens is 253 g/mol. The van der Waals surface area contributed by atoms with Gasteiger partial charge in [-0.25, -0.2) is 4.57 Å². The molecule has 11 heavy (non-hydrogen) atoms. The first kappa shape index (κ1) is 18.4. The number of hydrogen-bond acceptors (Lipinski definition) is 4. The van der Waals surface area contributed by atoms with Crippen LogP contribution in [-0.4, -0.2) is 70.3 Å². The molecule has 11 heteroatoms. The van der Waals surface area contributed by atoms with E-state index >= 15 is 0 Å². The molecule has 4 N–H and O–H groups in total. The van der Waals surface area contributed by atoms with Crippen LogP contribution in [0.15, 0.2) is 0 Å². The summed E-state index contributed by atoms with van der Waals surface area (Å²) in [7, 11) is -4.64. The van der Waals surface area contributed by atoms with Gasteiger partial charge in [0.1, 0.15) is 0 Å². The molecule has 0 bridgehead atoms. The summed E-state index contributed by atoms with van der Waals surface area (Å²) in [6.45, 7) is 0. The molecule has 0 saturated heterocycles. The summed E-state index contributed by atoms with van der Waals surface area (Å²) in [6.07, 6.45) is 0. The zero-order chi connectivity index (χ0) is 9.00. The van der Waals surface area contributed by atoms with Gasteiger partial charge in [-0.3, -0.25) is 0 Å². The topological polar surface area (TPSA) is 149 Å². The van der Waals surface area contributed by atoms with Gasteiger partial charge in [-0.15, -0.1) is 0 Å². The second-order valence-corrected chi connectivity index (χ2v) is 3.17. The van der Waals surface area contributed by atoms with E-state index in [1.807, 2.05) is 0 Å². The van der Waals surface area contributed by atoms with Gasteiger partial charge in [0.25, 0.3) is 0 Å². The van der Waals surface area contributed by atoms with Gasteiger partial charge in [0.05, 0.1) is 0 Å². The first-order valence-electron chi connectivity index (χ1n) is 1.41. The third-order valence-electron chi connectivity index (χ3n) is 0. The van der Waals surface area contributed by atoms with Gasteiger partial charge in [-0.2, -0.15) is 0 Å². The van der Waals surface area contributed by atoms with Gasteiger partial charge < -0.3 is 14.7 Å². The average molecular weight is 258 g/mol. The van der Waals surface area contributed by atoms with Gasteiger partial charge in [-0.1, -0.05) is 0 Å². The van der Waals surface area contributed by atoms with Crippen LogP contribution in [0.5, 0.6) is 0 Å². The van der Waals surface area contributed by atoms with E-state index in [1.54, 1.807) is 0 Å². The summed E-state index contributed by atoms with van der Waals surface area (Å²) in [6, 6.07) is 0. The van der Waals surface area contributed by atoms with E-state index in [4.69, 9.17) is 34.9 Å². The predicted molar refractivity (Wildman–Crippen MR) is 25.7 cm³/mol. The van der Waals surface area contributed by atoms with Crippen LogP contribution in [0, 0.1) is 0 Å². The molecule has 0 aromatic carbocycles. The van der Waals surface area contributed by atoms with Crippen LogP contribution >= 0.6 is 7.82 Å². The van der Waals surface area contributed by atoms with E-state index in [0.29, 0.717) is 0 Å². The Labute approximate surface area is 105 Å². The van der Waals surface area contributed by atoms with Crippen LogP contribution in [-0.2, 0) is 29.0 Å². The van der Waals surface area contributed by atoms with Crippen LogP contribution < -0.4 is 0 Å². The molecule has 0 amide bonds. The fraction of sp³-hybridized carbons (Fsp3) is 0. The average Bonchev–Trinajstić information content (AvgIpc) is 1.12. The molecule has 0 aliphatic heterocycles. The minimum absolute atomic E-state index is 0. The molecule has 0 unspecified atom stereocenters. The molecule has 0 aromatic rings. The quantitative estimate of drug-likeness (QED) is 0.275. The van der Waals surface area contributed by atoms with E-state index in [2.05, 4.69) is 0 Å². The summed E-state index contributed by atoms with van der Waals surface area (Å²) >= 11 is -5.38. The van der Waals surface area contributed by atoms with Crippen molar-refractivity contribution in [2.75, 3.05) is 0 Å². The van der Waals surface area contributed by atoms with Crippen molar-refractivity contribution in [2.45, 2.75) is 0 Å². The Kier molecular flexibility index (Phi) is 11.8. The standard InChI is InChI=1S/K.Mn.H3O4P.H2O.3O.H/c;;1-5(2,3)4;;;;;/h;;(H3,1,2,3,4);1H2;;;;/q;+1;;;;;;/p-1. The molecular formula is H5KMnO8P. The molecule has 0 radical (unpaired) electrons. The van der Waals surface area contributed by atoms with Crippen LogP contribution in [0.4, 0.5) is 0 Å². The second-order valence-electron chi connectivity index (χ2n) is 0.909. The van der Waals surface area contributed by atoms with E-state index in [0.717, 1.165) is 0 Å². The van der Waals surface area contributed by atoms with Crippen molar-refractivity contribution in [3.05, 3.63) is 0 Å². The maximum atomic E-state index is 8.88. The van der Waals surface area contributed by atoms with Gasteiger partial charge in [0.15, 0.2) is 0 Å². The Morgan fingerprint density at radius 1 is 1.00 bits per heavy atom. The summed E-state index contributed by atoms with van der Waals surface area (Å²) < 4.78 is 41.9. The second kappa shape index (κ2) is 7.07. The van der Waals surface area contributed by atoms with Gasteiger partial charge >= 0.3 is 87.9 Å². The molecule has 0 aliphatic rings. The molecule has 0 aromatic heterocycles. The molecule has 0 heterocycles. The number of phosphoric acid groups is 1. The fourth-order valence-corrected chi connectivity index (χ4v) is 0. The van der Waals surface area contributed by atoms with Crippen molar-refractivity contribution in [3.8, 4) is 0 Å². The molecule has 0 aliphatic carbocycles. The summed E-state index contributed by atoms with van der Waals surface area (Å²) in [5.74, 6) is 0. The molecule has 0 rings (SSSR count). The normalized spacial score (nSPS) is 10.5. The van der Waals surface area contributed by atoms with Crippen molar-refractivity contribution >= 4 is 59.2 Å². The molecule has 0 atom stereocenters. The summed E-state index contributed by atoms with van der Waals surface area (Å²) in [4.78, 5) is 21.6. The Morgan fingerprint density at radius 3 is 1.00 bits per heavy atom. The van der Waals surface area contributed by atoms with Crippen molar-refractivity contribution in [1.29, 1.82) is 0 Å². The van der Waals surface area contributed by atoms with Crippen molar-refractivity contribution in [2.24, 2.45) is 0 Å². The SMILES string of the molecule is O=P(O)(O)O.[KH].[O]=[Mn](=[O])(=[O])[OH]. The van der Waals surface area contributed by atoms with Crippen molar-refractivity contribution in [1.82, 2.24) is 0 Å². The van der Waals surface area contributed by atoms with Gasteiger partial charge in [0, 0.05) is 0 Å². The number of hydrogen-bond donors (Lipinski definition) is 4. The Hall–Kier alpha value is 1.63. The van der Waals surface area contributed by atoms with Gasteiger partial charge in [-0.05, 0) is 0 Å². The van der Waals surface area contributed by atoms with Gasteiger partial charge in [0.2, 0.25) is 0 Å². The Balaban J connectivity index is -0.000000107. The zero-order valence-electron chi connectivity index (χ0n) is 4.25. The molecule has 0 saturated carbocycles. The van der Waals surface area contributed by atoms with Crippen molar-refractivity contribution < 1.29 is 47.9 Å². The zero-order valence-corrected chi connectivity index (χ0v) is 6.32. The Bertz CT molecular complexity index is 238.